The number of ether oxygens (including phenoxy) is 1. The van der Waals surface area contributed by atoms with Crippen molar-refractivity contribution in [1.29, 1.82) is 0 Å². The van der Waals surface area contributed by atoms with Crippen molar-refractivity contribution in [2.24, 2.45) is 0 Å². The van der Waals surface area contributed by atoms with Crippen molar-refractivity contribution in [2.75, 3.05) is 31.0 Å². The van der Waals surface area contributed by atoms with Crippen LogP contribution in [0, 0.1) is 0 Å². The quantitative estimate of drug-likeness (QED) is 0.861. The van der Waals surface area contributed by atoms with Gasteiger partial charge >= 0.3 is 0 Å². The number of amides is 1. The first kappa shape index (κ1) is 18.2. The molecule has 1 aromatic heterocycles. The molecule has 0 spiro atoms. The van der Waals surface area contributed by atoms with E-state index in [1.807, 2.05) is 24.3 Å². The van der Waals surface area contributed by atoms with Crippen molar-refractivity contribution < 1.29 is 17.9 Å². The third-order valence-corrected chi connectivity index (χ3v) is 6.17. The summed E-state index contributed by atoms with van der Waals surface area (Å²) in [6.45, 7) is 0. The van der Waals surface area contributed by atoms with E-state index < -0.39 is 9.84 Å². The van der Waals surface area contributed by atoms with Gasteiger partial charge in [0.15, 0.2) is 9.84 Å². The predicted molar refractivity (Wildman–Crippen MR) is 99.7 cm³/mol. The first-order chi connectivity index (χ1) is 12.4. The summed E-state index contributed by atoms with van der Waals surface area (Å²) in [4.78, 5) is 18.3. The Balaban J connectivity index is 1.75. The summed E-state index contributed by atoms with van der Waals surface area (Å²) in [5.41, 5.74) is 1.88. The molecular weight excluding hydrogens is 354 g/mol. The maximum atomic E-state index is 12.7. The number of aromatic nitrogens is 1. The van der Waals surface area contributed by atoms with Crippen LogP contribution in [0.25, 0.3) is 0 Å². The monoisotopic (exact) mass is 375 g/mol. The van der Waals surface area contributed by atoms with E-state index in [4.69, 9.17) is 4.74 Å². The molecule has 0 aliphatic carbocycles. The highest BCUT2D eigenvalue weighted by Crippen LogP contribution is 2.23. The van der Waals surface area contributed by atoms with Crippen molar-refractivity contribution in [3.05, 3.63) is 48.3 Å². The Morgan fingerprint density at radius 3 is 2.77 bits per heavy atom. The molecular formula is C18H21N3O4S. The number of nitrogens with one attached hydrogen (secondary N) is 1. The van der Waals surface area contributed by atoms with Gasteiger partial charge in [0.1, 0.15) is 5.75 Å². The Hall–Kier alpha value is -2.61. The van der Waals surface area contributed by atoms with Gasteiger partial charge in [-0.25, -0.2) is 8.42 Å². The lowest BCUT2D eigenvalue weighted by atomic mass is 10.2. The molecule has 8 heteroatoms. The molecule has 2 heterocycles. The van der Waals surface area contributed by atoms with Crippen LogP contribution in [0.15, 0.2) is 42.7 Å². The number of nitrogens with zero attached hydrogens (tertiary/aromatic N) is 2. The van der Waals surface area contributed by atoms with Crippen LogP contribution in [-0.4, -0.2) is 55.9 Å². The standard InChI is InChI=1S/C18H21N3O4S/c1-21(16-6-7-26(23,24)12-16)18(22)13-8-15(11-19-10-13)20-14-4-3-5-17(9-14)25-2/h3-5,8-11,16,20H,6-7,12H2,1-2H3. The van der Waals surface area contributed by atoms with Gasteiger partial charge in [-0.3, -0.25) is 9.78 Å². The summed E-state index contributed by atoms with van der Waals surface area (Å²) < 4.78 is 28.5. The second-order valence-corrected chi connectivity index (χ2v) is 8.52. The van der Waals surface area contributed by atoms with Crippen molar-refractivity contribution in [1.82, 2.24) is 9.88 Å². The fourth-order valence-electron chi connectivity index (χ4n) is 2.94. The second kappa shape index (κ2) is 7.33. The maximum absolute atomic E-state index is 12.7. The molecule has 7 nitrogen and oxygen atoms in total. The third-order valence-electron chi connectivity index (χ3n) is 4.42. The Morgan fingerprint density at radius 2 is 2.08 bits per heavy atom. The van der Waals surface area contributed by atoms with Crippen molar-refractivity contribution in [2.45, 2.75) is 12.5 Å². The second-order valence-electron chi connectivity index (χ2n) is 6.29. The van der Waals surface area contributed by atoms with Crippen LogP contribution in [-0.2, 0) is 9.84 Å². The minimum absolute atomic E-state index is 0.0183. The highest BCUT2D eigenvalue weighted by atomic mass is 32.2. The molecule has 1 aliphatic heterocycles. The van der Waals surface area contributed by atoms with E-state index in [2.05, 4.69) is 10.3 Å². The van der Waals surface area contributed by atoms with Crippen molar-refractivity contribution >= 4 is 27.1 Å². The highest BCUT2D eigenvalue weighted by Gasteiger charge is 2.33. The fourth-order valence-corrected chi connectivity index (χ4v) is 4.72. The van der Waals surface area contributed by atoms with E-state index in [-0.39, 0.29) is 23.5 Å². The van der Waals surface area contributed by atoms with Gasteiger partial charge in [-0.05, 0) is 24.6 Å². The normalized spacial score (nSPS) is 18.3. The zero-order chi connectivity index (χ0) is 18.7. The number of hydrogen-bond donors (Lipinski definition) is 1. The molecule has 26 heavy (non-hydrogen) atoms. The lowest BCUT2D eigenvalue weighted by Crippen LogP contribution is -2.37. The first-order valence-corrected chi connectivity index (χ1v) is 10.0. The Bertz CT molecular complexity index is 914. The fraction of sp³-hybridized carbons (Fsp3) is 0.333. The molecule has 1 unspecified atom stereocenters. The molecule has 3 rings (SSSR count). The number of rotatable bonds is 5. The molecule has 1 saturated heterocycles. The van der Waals surface area contributed by atoms with Crippen molar-refractivity contribution in [3.63, 3.8) is 0 Å². The molecule has 1 N–H and O–H groups in total. The summed E-state index contributed by atoms with van der Waals surface area (Å²) in [5, 5.41) is 3.19. The first-order valence-electron chi connectivity index (χ1n) is 8.22. The van der Waals surface area contributed by atoms with Gasteiger partial charge in [-0.1, -0.05) is 6.07 Å². The average Bonchev–Trinajstić information content (AvgIpc) is 3.00. The molecule has 0 radical (unpaired) electrons. The Kier molecular flexibility index (Phi) is 5.13. The van der Waals surface area contributed by atoms with Crippen LogP contribution in [0.2, 0.25) is 0 Å². The zero-order valence-corrected chi connectivity index (χ0v) is 15.5. The molecule has 2 aromatic rings. The van der Waals surface area contributed by atoms with Crippen LogP contribution in [0.1, 0.15) is 16.8 Å². The van der Waals surface area contributed by atoms with Gasteiger partial charge in [0.05, 0.1) is 36.1 Å². The molecule has 1 amide bonds. The highest BCUT2D eigenvalue weighted by molar-refractivity contribution is 7.91. The summed E-state index contributed by atoms with van der Waals surface area (Å²) in [6, 6.07) is 8.83. The third kappa shape index (κ3) is 4.13. The number of pyridine rings is 1. The topological polar surface area (TPSA) is 88.6 Å². The van der Waals surface area contributed by atoms with E-state index in [0.717, 1.165) is 11.4 Å². The lowest BCUT2D eigenvalue weighted by molar-refractivity contribution is 0.0747. The minimum Gasteiger partial charge on any atom is -0.497 e. The molecule has 0 bridgehead atoms. The largest absolute Gasteiger partial charge is 0.497 e. The summed E-state index contributed by atoms with van der Waals surface area (Å²) in [6.07, 6.45) is 3.58. The molecule has 0 saturated carbocycles. The summed E-state index contributed by atoms with van der Waals surface area (Å²) >= 11 is 0. The van der Waals surface area contributed by atoms with E-state index in [1.54, 1.807) is 26.4 Å². The number of methoxy groups -OCH3 is 1. The van der Waals surface area contributed by atoms with Crippen LogP contribution >= 0.6 is 0 Å². The lowest BCUT2D eigenvalue weighted by Gasteiger charge is -2.23. The van der Waals surface area contributed by atoms with Crippen LogP contribution < -0.4 is 10.1 Å². The maximum Gasteiger partial charge on any atom is 0.255 e. The number of anilines is 2. The van der Waals surface area contributed by atoms with Gasteiger partial charge in [-0.15, -0.1) is 0 Å². The summed E-state index contributed by atoms with van der Waals surface area (Å²) in [5.74, 6) is 0.626. The van der Waals surface area contributed by atoms with E-state index in [9.17, 15) is 13.2 Å². The minimum atomic E-state index is -3.05. The number of hydrogen-bond acceptors (Lipinski definition) is 6. The summed E-state index contributed by atoms with van der Waals surface area (Å²) in [7, 11) is 0.186. The van der Waals surface area contributed by atoms with Gasteiger partial charge in [-0.2, -0.15) is 0 Å². The average molecular weight is 375 g/mol. The SMILES string of the molecule is COc1cccc(Nc2cncc(C(=O)N(C)C3CCS(=O)(=O)C3)c2)c1. The predicted octanol–water partition coefficient (Wildman–Crippen LogP) is 2.09. The van der Waals surface area contributed by atoms with Crippen LogP contribution in [0.3, 0.4) is 0 Å². The zero-order valence-electron chi connectivity index (χ0n) is 14.7. The van der Waals surface area contributed by atoms with Gasteiger partial charge in [0.25, 0.3) is 5.91 Å². The number of carbonyl (C=O) groups excluding carboxylic acids is 1. The Morgan fingerprint density at radius 1 is 1.27 bits per heavy atom. The molecule has 138 valence electrons. The van der Waals surface area contributed by atoms with Gasteiger partial charge < -0.3 is 15.0 Å². The Labute approximate surface area is 152 Å². The van der Waals surface area contributed by atoms with Crippen molar-refractivity contribution in [3.8, 4) is 5.75 Å². The van der Waals surface area contributed by atoms with Crippen LogP contribution in [0.4, 0.5) is 11.4 Å². The van der Waals surface area contributed by atoms with Gasteiger partial charge in [0, 0.05) is 31.0 Å². The van der Waals surface area contributed by atoms with Gasteiger partial charge in [0.2, 0.25) is 0 Å². The van der Waals surface area contributed by atoms with Crippen LogP contribution in [0.5, 0.6) is 5.75 Å². The molecule has 1 aromatic carbocycles. The number of benzene rings is 1. The number of carbonyl (C=O) groups is 1. The number of sulfone groups is 1. The molecule has 1 aliphatic rings. The molecule has 1 fully saturated rings. The van der Waals surface area contributed by atoms with E-state index >= 15 is 0 Å². The van der Waals surface area contributed by atoms with E-state index in [1.165, 1.54) is 11.1 Å². The van der Waals surface area contributed by atoms with E-state index in [0.29, 0.717) is 17.7 Å². The molecule has 1 atom stereocenters. The smallest absolute Gasteiger partial charge is 0.255 e.